The van der Waals surface area contributed by atoms with E-state index >= 15 is 0 Å². The van der Waals surface area contributed by atoms with E-state index < -0.39 is 11.6 Å². The van der Waals surface area contributed by atoms with Crippen LogP contribution in [0.1, 0.15) is 18.4 Å². The van der Waals surface area contributed by atoms with Gasteiger partial charge in [-0.05, 0) is 18.9 Å². The lowest BCUT2D eigenvalue weighted by Gasteiger charge is -2.28. The van der Waals surface area contributed by atoms with Gasteiger partial charge in [-0.1, -0.05) is 0 Å². The first-order valence-corrected chi connectivity index (χ1v) is 5.60. The lowest BCUT2D eigenvalue weighted by atomic mass is 9.86. The molecule has 5 heteroatoms. The molecule has 0 bridgehead atoms. The molecule has 3 rings (SSSR count). The van der Waals surface area contributed by atoms with Gasteiger partial charge in [0.1, 0.15) is 17.5 Å². The molecule has 3 nitrogen and oxygen atoms in total. The Bertz CT molecular complexity index is 612. The van der Waals surface area contributed by atoms with Crippen LogP contribution in [0.4, 0.5) is 8.78 Å². The van der Waals surface area contributed by atoms with E-state index in [1.165, 1.54) is 0 Å². The van der Waals surface area contributed by atoms with Gasteiger partial charge in [0.2, 0.25) is 0 Å². The maximum Gasteiger partial charge on any atom is 0.162 e. The minimum absolute atomic E-state index is 0.0584. The van der Waals surface area contributed by atoms with Gasteiger partial charge in [-0.3, -0.25) is 0 Å². The van der Waals surface area contributed by atoms with Crippen LogP contribution in [0, 0.1) is 28.4 Å². The van der Waals surface area contributed by atoms with Gasteiger partial charge in [0.25, 0.3) is 0 Å². The molecule has 0 aromatic heterocycles. The Morgan fingerprint density at radius 2 is 2.00 bits per heavy atom. The molecule has 1 aromatic rings. The Morgan fingerprint density at radius 3 is 2.61 bits per heavy atom. The number of nitrogens with zero attached hydrogens (tertiary/aromatic N) is 1. The summed E-state index contributed by atoms with van der Waals surface area (Å²) < 4.78 is 32.0. The summed E-state index contributed by atoms with van der Waals surface area (Å²) in [5.74, 6) is -1.67. The van der Waals surface area contributed by atoms with Crippen molar-refractivity contribution in [2.75, 3.05) is 6.61 Å². The minimum Gasteiger partial charge on any atom is -0.492 e. The second kappa shape index (κ2) is 3.45. The molecule has 2 N–H and O–H groups in total. The standard InChI is InChI=1S/C13H10F2N2O/c14-8-3-7-11(4-9(8)15)18-6-13(1-2-13)12(7)10(17)5-16/h3-4H,1-2,6,17H2/b12-10+. The average Bonchev–Trinajstić information content (AvgIpc) is 3.11. The second-order valence-electron chi connectivity index (χ2n) is 4.73. The summed E-state index contributed by atoms with van der Waals surface area (Å²) in [4.78, 5) is 0. The van der Waals surface area contributed by atoms with E-state index in [1.54, 1.807) is 0 Å². The van der Waals surface area contributed by atoms with Crippen molar-refractivity contribution in [3.8, 4) is 11.8 Å². The molecule has 1 fully saturated rings. The SMILES string of the molecule is N#C/C(N)=C1/c2cc(F)c(F)cc2OCC12CC2. The number of benzene rings is 1. The van der Waals surface area contributed by atoms with Gasteiger partial charge in [0, 0.05) is 22.6 Å². The molecule has 1 saturated carbocycles. The van der Waals surface area contributed by atoms with Gasteiger partial charge in [0.15, 0.2) is 11.6 Å². The zero-order valence-corrected chi connectivity index (χ0v) is 9.46. The summed E-state index contributed by atoms with van der Waals surface area (Å²) in [6.07, 6.45) is 1.70. The molecule has 0 saturated heterocycles. The Balaban J connectivity index is 2.26. The number of hydrogen-bond acceptors (Lipinski definition) is 3. The summed E-state index contributed by atoms with van der Waals surface area (Å²) in [5, 5.41) is 8.95. The normalized spacial score (nSPS) is 21.8. The Kier molecular flexibility index (Phi) is 2.11. The van der Waals surface area contributed by atoms with E-state index in [9.17, 15) is 8.78 Å². The number of hydrogen-bond donors (Lipinski definition) is 1. The number of fused-ring (bicyclic) bond motifs is 1. The van der Waals surface area contributed by atoms with Gasteiger partial charge < -0.3 is 10.5 Å². The zero-order valence-electron chi connectivity index (χ0n) is 9.46. The van der Waals surface area contributed by atoms with Crippen LogP contribution in [0.5, 0.6) is 5.75 Å². The number of rotatable bonds is 0. The topological polar surface area (TPSA) is 59.0 Å². The molecule has 18 heavy (non-hydrogen) atoms. The summed E-state index contributed by atoms with van der Waals surface area (Å²) in [5.41, 5.74) is 6.49. The van der Waals surface area contributed by atoms with Gasteiger partial charge in [-0.15, -0.1) is 0 Å². The minimum atomic E-state index is -0.963. The van der Waals surface area contributed by atoms with Crippen LogP contribution in [0.25, 0.3) is 5.57 Å². The van der Waals surface area contributed by atoms with Crippen molar-refractivity contribution < 1.29 is 13.5 Å². The van der Waals surface area contributed by atoms with Crippen molar-refractivity contribution in [1.29, 1.82) is 5.26 Å². The van der Waals surface area contributed by atoms with Crippen molar-refractivity contribution in [3.05, 3.63) is 35.0 Å². The van der Waals surface area contributed by atoms with Crippen LogP contribution in [0.2, 0.25) is 0 Å². The molecule has 1 aromatic carbocycles. The third-order valence-corrected chi connectivity index (χ3v) is 3.57. The van der Waals surface area contributed by atoms with Crippen LogP contribution < -0.4 is 10.5 Å². The molecule has 0 amide bonds. The van der Waals surface area contributed by atoms with Crippen molar-refractivity contribution in [3.63, 3.8) is 0 Å². The maximum atomic E-state index is 13.3. The third kappa shape index (κ3) is 1.39. The third-order valence-electron chi connectivity index (χ3n) is 3.57. The van der Waals surface area contributed by atoms with Crippen LogP contribution in [-0.4, -0.2) is 6.61 Å². The number of ether oxygens (including phenoxy) is 1. The quantitative estimate of drug-likeness (QED) is 0.717. The van der Waals surface area contributed by atoms with E-state index in [4.69, 9.17) is 15.7 Å². The van der Waals surface area contributed by atoms with Crippen LogP contribution >= 0.6 is 0 Å². The lowest BCUT2D eigenvalue weighted by Crippen LogP contribution is -2.24. The molecule has 0 atom stereocenters. The fraction of sp³-hybridized carbons (Fsp3) is 0.308. The average molecular weight is 248 g/mol. The van der Waals surface area contributed by atoms with E-state index in [0.29, 0.717) is 17.7 Å². The van der Waals surface area contributed by atoms with Crippen molar-refractivity contribution in [1.82, 2.24) is 0 Å². The number of nitrogens with two attached hydrogens (primary N) is 1. The van der Waals surface area contributed by atoms with E-state index in [1.807, 2.05) is 6.07 Å². The monoisotopic (exact) mass is 248 g/mol. The molecular weight excluding hydrogens is 238 g/mol. The summed E-state index contributed by atoms with van der Waals surface area (Å²) in [6.45, 7) is 0.364. The highest BCUT2D eigenvalue weighted by molar-refractivity contribution is 5.82. The number of nitriles is 1. The maximum absolute atomic E-state index is 13.3. The number of allylic oxidation sites excluding steroid dienone is 1. The largest absolute Gasteiger partial charge is 0.492 e. The molecule has 2 aliphatic rings. The predicted octanol–water partition coefficient (Wildman–Crippen LogP) is 2.33. The van der Waals surface area contributed by atoms with E-state index in [0.717, 1.165) is 25.0 Å². The van der Waals surface area contributed by atoms with Gasteiger partial charge >= 0.3 is 0 Å². The first-order valence-electron chi connectivity index (χ1n) is 5.60. The molecular formula is C13H10F2N2O. The lowest BCUT2D eigenvalue weighted by molar-refractivity contribution is 0.253. The smallest absolute Gasteiger partial charge is 0.162 e. The van der Waals surface area contributed by atoms with Crippen molar-refractivity contribution in [2.45, 2.75) is 12.8 Å². The fourth-order valence-electron chi connectivity index (χ4n) is 2.45. The van der Waals surface area contributed by atoms with Crippen LogP contribution in [0.15, 0.2) is 17.8 Å². The molecule has 1 aliphatic carbocycles. The molecule has 1 spiro atoms. The number of halogens is 2. The van der Waals surface area contributed by atoms with Crippen LogP contribution in [0.3, 0.4) is 0 Å². The van der Waals surface area contributed by atoms with Gasteiger partial charge in [-0.25, -0.2) is 8.78 Å². The highest BCUT2D eigenvalue weighted by Crippen LogP contribution is 2.60. The first kappa shape index (κ1) is 11.0. The molecule has 1 heterocycles. The molecule has 92 valence electrons. The van der Waals surface area contributed by atoms with Gasteiger partial charge in [-0.2, -0.15) is 5.26 Å². The summed E-state index contributed by atoms with van der Waals surface area (Å²) in [6, 6.07) is 3.95. The summed E-state index contributed by atoms with van der Waals surface area (Å²) >= 11 is 0. The van der Waals surface area contributed by atoms with Crippen molar-refractivity contribution >= 4 is 5.57 Å². The second-order valence-corrected chi connectivity index (χ2v) is 4.73. The van der Waals surface area contributed by atoms with Gasteiger partial charge in [0.05, 0.1) is 6.61 Å². The fourth-order valence-corrected chi connectivity index (χ4v) is 2.45. The zero-order chi connectivity index (χ0) is 12.9. The van der Waals surface area contributed by atoms with E-state index in [-0.39, 0.29) is 16.9 Å². The molecule has 0 unspecified atom stereocenters. The summed E-state index contributed by atoms with van der Waals surface area (Å²) in [7, 11) is 0. The molecule has 1 aliphatic heterocycles. The van der Waals surface area contributed by atoms with Crippen molar-refractivity contribution in [2.24, 2.45) is 11.1 Å². The van der Waals surface area contributed by atoms with E-state index in [2.05, 4.69) is 0 Å². The molecule has 0 radical (unpaired) electrons. The Labute approximate surface area is 102 Å². The predicted molar refractivity (Wildman–Crippen MR) is 60.2 cm³/mol. The highest BCUT2D eigenvalue weighted by atomic mass is 19.2. The first-order chi connectivity index (χ1) is 8.57. The Morgan fingerprint density at radius 1 is 1.33 bits per heavy atom. The highest BCUT2D eigenvalue weighted by Gasteiger charge is 2.51. The van der Waals surface area contributed by atoms with Crippen LogP contribution in [-0.2, 0) is 0 Å². The Hall–Kier alpha value is -2.09.